The van der Waals surface area contributed by atoms with E-state index < -0.39 is 11.9 Å². The fourth-order valence-electron chi connectivity index (χ4n) is 4.02. The number of hydrogen-bond donors (Lipinski definition) is 3. The SMILES string of the molecule is Cc1ccc(-c2nc(C(=O)NCCC3CCN(Cc4ccccc4)CC3)no2)cc1.O=C(O)C=CC(=O)O. The van der Waals surface area contributed by atoms with Crippen molar-refractivity contribution < 1.29 is 29.1 Å². The lowest BCUT2D eigenvalue weighted by Gasteiger charge is -2.32. The van der Waals surface area contributed by atoms with E-state index in [1.165, 1.54) is 18.4 Å². The van der Waals surface area contributed by atoms with Crippen LogP contribution in [0.1, 0.15) is 41.0 Å². The minimum atomic E-state index is -1.26. The number of hydrogen-bond acceptors (Lipinski definition) is 7. The van der Waals surface area contributed by atoms with Crippen molar-refractivity contribution in [2.45, 2.75) is 32.7 Å². The van der Waals surface area contributed by atoms with Gasteiger partial charge in [-0.2, -0.15) is 4.98 Å². The number of aromatic nitrogens is 2. The van der Waals surface area contributed by atoms with E-state index in [0.717, 1.165) is 37.2 Å². The number of rotatable bonds is 9. The van der Waals surface area contributed by atoms with Gasteiger partial charge < -0.3 is 20.1 Å². The molecule has 3 aromatic rings. The lowest BCUT2D eigenvalue weighted by atomic mass is 9.93. The highest BCUT2D eigenvalue weighted by molar-refractivity contribution is 5.90. The van der Waals surface area contributed by atoms with Gasteiger partial charge in [-0.25, -0.2) is 9.59 Å². The van der Waals surface area contributed by atoms with Crippen molar-refractivity contribution in [2.75, 3.05) is 19.6 Å². The zero-order valence-electron chi connectivity index (χ0n) is 21.2. The first kappa shape index (κ1) is 28.3. The first-order valence-corrected chi connectivity index (χ1v) is 12.4. The Labute approximate surface area is 221 Å². The van der Waals surface area contributed by atoms with Gasteiger partial charge in [0.2, 0.25) is 0 Å². The Bertz CT molecular complexity index is 1200. The second kappa shape index (κ2) is 14.4. The van der Waals surface area contributed by atoms with Crippen LogP contribution in [0.4, 0.5) is 0 Å². The third-order valence-electron chi connectivity index (χ3n) is 6.09. The average molecular weight is 521 g/mol. The molecule has 0 bridgehead atoms. The van der Waals surface area contributed by atoms with Crippen molar-refractivity contribution in [1.29, 1.82) is 0 Å². The Kier molecular flexibility index (Phi) is 10.7. The maximum absolute atomic E-state index is 12.3. The Morgan fingerprint density at radius 2 is 1.63 bits per heavy atom. The molecule has 1 aromatic heterocycles. The summed E-state index contributed by atoms with van der Waals surface area (Å²) in [5.41, 5.74) is 3.34. The third kappa shape index (κ3) is 9.62. The fraction of sp³-hybridized carbons (Fsp3) is 0.321. The van der Waals surface area contributed by atoms with Gasteiger partial charge in [-0.15, -0.1) is 0 Å². The summed E-state index contributed by atoms with van der Waals surface area (Å²) in [4.78, 5) is 38.2. The minimum Gasteiger partial charge on any atom is -0.478 e. The molecule has 1 amide bonds. The van der Waals surface area contributed by atoms with Gasteiger partial charge in [-0.3, -0.25) is 9.69 Å². The number of piperidine rings is 1. The molecule has 0 atom stereocenters. The molecule has 10 nitrogen and oxygen atoms in total. The molecule has 10 heteroatoms. The van der Waals surface area contributed by atoms with E-state index in [2.05, 4.69) is 50.7 Å². The third-order valence-corrected chi connectivity index (χ3v) is 6.09. The van der Waals surface area contributed by atoms with Crippen molar-refractivity contribution in [3.8, 4) is 11.5 Å². The number of likely N-dealkylation sites (tertiary alicyclic amines) is 1. The van der Waals surface area contributed by atoms with Crippen LogP contribution in [-0.4, -0.2) is 62.7 Å². The lowest BCUT2D eigenvalue weighted by molar-refractivity contribution is -0.134. The van der Waals surface area contributed by atoms with Crippen LogP contribution in [0.3, 0.4) is 0 Å². The van der Waals surface area contributed by atoms with E-state index in [1.54, 1.807) is 0 Å². The predicted molar refractivity (Wildman–Crippen MR) is 140 cm³/mol. The summed E-state index contributed by atoms with van der Waals surface area (Å²) in [6, 6.07) is 18.4. The number of carbonyl (C=O) groups is 3. The van der Waals surface area contributed by atoms with E-state index in [4.69, 9.17) is 14.7 Å². The summed E-state index contributed by atoms with van der Waals surface area (Å²) in [6.45, 7) is 5.89. The van der Waals surface area contributed by atoms with Crippen molar-refractivity contribution in [3.05, 3.63) is 83.7 Å². The van der Waals surface area contributed by atoms with Crippen LogP contribution >= 0.6 is 0 Å². The number of amides is 1. The summed E-state index contributed by atoms with van der Waals surface area (Å²) in [5, 5.41) is 22.4. The monoisotopic (exact) mass is 520 g/mol. The maximum Gasteiger partial charge on any atom is 0.328 e. The summed E-state index contributed by atoms with van der Waals surface area (Å²) in [5.74, 6) is -1.70. The topological polar surface area (TPSA) is 146 Å². The number of carboxylic acids is 2. The molecule has 1 saturated heterocycles. The van der Waals surface area contributed by atoms with Crippen molar-refractivity contribution in [3.63, 3.8) is 0 Å². The molecule has 2 heterocycles. The Morgan fingerprint density at radius 1 is 1.00 bits per heavy atom. The number of nitrogens with zero attached hydrogens (tertiary/aromatic N) is 3. The van der Waals surface area contributed by atoms with Gasteiger partial charge in [-0.05, 0) is 62.9 Å². The van der Waals surface area contributed by atoms with Crippen molar-refractivity contribution >= 4 is 17.8 Å². The summed E-state index contributed by atoms with van der Waals surface area (Å²) in [7, 11) is 0. The van der Waals surface area contributed by atoms with Gasteiger partial charge in [0.15, 0.2) is 0 Å². The lowest BCUT2D eigenvalue weighted by Crippen LogP contribution is -2.35. The van der Waals surface area contributed by atoms with Crippen LogP contribution in [0.2, 0.25) is 0 Å². The minimum absolute atomic E-state index is 0.0863. The highest BCUT2D eigenvalue weighted by atomic mass is 16.5. The zero-order valence-corrected chi connectivity index (χ0v) is 21.2. The van der Waals surface area contributed by atoms with Crippen LogP contribution < -0.4 is 5.32 Å². The van der Waals surface area contributed by atoms with Gasteiger partial charge in [0.05, 0.1) is 0 Å². The van der Waals surface area contributed by atoms with E-state index in [9.17, 15) is 14.4 Å². The van der Waals surface area contributed by atoms with Gasteiger partial charge in [0.1, 0.15) is 0 Å². The molecule has 1 aliphatic rings. The van der Waals surface area contributed by atoms with Crippen LogP contribution in [0.5, 0.6) is 0 Å². The number of aryl methyl sites for hydroxylation is 1. The Hall–Kier alpha value is -4.31. The maximum atomic E-state index is 12.3. The van der Waals surface area contributed by atoms with Gasteiger partial charge in [-0.1, -0.05) is 53.2 Å². The normalized spacial score (nSPS) is 14.0. The van der Waals surface area contributed by atoms with Crippen molar-refractivity contribution in [1.82, 2.24) is 20.4 Å². The smallest absolute Gasteiger partial charge is 0.328 e. The molecule has 2 aromatic carbocycles. The zero-order chi connectivity index (χ0) is 27.3. The van der Waals surface area contributed by atoms with Crippen LogP contribution in [0.15, 0.2) is 71.3 Å². The second-order valence-electron chi connectivity index (χ2n) is 9.05. The number of carbonyl (C=O) groups excluding carboxylic acids is 1. The molecule has 200 valence electrons. The predicted octanol–water partition coefficient (Wildman–Crippen LogP) is 3.79. The fourth-order valence-corrected chi connectivity index (χ4v) is 4.02. The number of benzene rings is 2. The molecule has 0 radical (unpaired) electrons. The standard InChI is InChI=1S/C24H28N4O2.C4H4O4/c1-18-7-9-21(10-8-18)24-26-22(27-30-24)23(29)25-14-11-19-12-15-28(16-13-19)17-20-5-3-2-4-6-20;5-3(6)1-2-4(7)8/h2-10,19H,11-17H2,1H3,(H,25,29);1-2H,(H,5,6)(H,7,8). The van der Waals surface area contributed by atoms with Gasteiger partial charge in [0, 0.05) is 30.8 Å². The molecule has 1 fully saturated rings. The van der Waals surface area contributed by atoms with E-state index >= 15 is 0 Å². The van der Waals surface area contributed by atoms with E-state index in [1.807, 2.05) is 31.2 Å². The molecule has 1 aliphatic heterocycles. The molecule has 38 heavy (non-hydrogen) atoms. The van der Waals surface area contributed by atoms with Crippen LogP contribution in [0.25, 0.3) is 11.5 Å². The highest BCUT2D eigenvalue weighted by Crippen LogP contribution is 2.22. The average Bonchev–Trinajstić information content (AvgIpc) is 3.40. The first-order chi connectivity index (χ1) is 18.3. The molecular weight excluding hydrogens is 488 g/mol. The summed E-state index contributed by atoms with van der Waals surface area (Å²) < 4.78 is 5.24. The first-order valence-electron chi connectivity index (χ1n) is 12.4. The molecule has 4 rings (SSSR count). The molecule has 0 saturated carbocycles. The molecule has 0 aliphatic carbocycles. The summed E-state index contributed by atoms with van der Waals surface area (Å²) >= 11 is 0. The highest BCUT2D eigenvalue weighted by Gasteiger charge is 2.20. The van der Waals surface area contributed by atoms with Crippen LogP contribution in [-0.2, 0) is 16.1 Å². The van der Waals surface area contributed by atoms with E-state index in [0.29, 0.717) is 30.5 Å². The van der Waals surface area contributed by atoms with Crippen LogP contribution in [0, 0.1) is 12.8 Å². The number of aliphatic carboxylic acids is 2. The van der Waals surface area contributed by atoms with E-state index in [-0.39, 0.29) is 11.7 Å². The van der Waals surface area contributed by atoms with Crippen molar-refractivity contribution in [2.24, 2.45) is 5.92 Å². The second-order valence-corrected chi connectivity index (χ2v) is 9.05. The molecule has 3 N–H and O–H groups in total. The quantitative estimate of drug-likeness (QED) is 0.359. The Morgan fingerprint density at radius 3 is 2.24 bits per heavy atom. The Balaban J connectivity index is 0.000000436. The number of nitrogens with one attached hydrogen (secondary N) is 1. The van der Waals surface area contributed by atoms with Gasteiger partial charge in [0.25, 0.3) is 17.6 Å². The summed E-state index contributed by atoms with van der Waals surface area (Å²) in [6.07, 6.45) is 4.43. The number of carboxylic acid groups (broad SMARTS) is 2. The molecule has 0 spiro atoms. The largest absolute Gasteiger partial charge is 0.478 e. The molecular formula is C28H32N4O6. The molecule has 0 unspecified atom stereocenters. The van der Waals surface area contributed by atoms with Gasteiger partial charge >= 0.3 is 11.9 Å².